The van der Waals surface area contributed by atoms with Crippen molar-refractivity contribution >= 4 is 0 Å². The summed E-state index contributed by atoms with van der Waals surface area (Å²) in [6.45, 7) is 9.88. The fourth-order valence-corrected chi connectivity index (χ4v) is 3.60. The molecule has 0 spiro atoms. The molecule has 2 saturated carbocycles. The van der Waals surface area contributed by atoms with Crippen LogP contribution < -0.4 is 5.32 Å². The number of nitrogens with one attached hydrogen (secondary N) is 1. The molecule has 122 valence electrons. The molecule has 0 atom stereocenters. The highest BCUT2D eigenvalue weighted by Gasteiger charge is 2.40. The quantitative estimate of drug-likeness (QED) is 0.683. The van der Waals surface area contributed by atoms with Crippen molar-refractivity contribution < 1.29 is 0 Å². The maximum Gasteiger partial charge on any atom is 0.0124 e. The Balaban J connectivity index is 1.27. The van der Waals surface area contributed by atoms with Gasteiger partial charge in [0.05, 0.1) is 0 Å². The maximum atomic E-state index is 3.88. The molecule has 4 heteroatoms. The van der Waals surface area contributed by atoms with Crippen molar-refractivity contribution in [2.24, 2.45) is 11.8 Å². The van der Waals surface area contributed by atoms with Crippen molar-refractivity contribution in [3.63, 3.8) is 0 Å². The number of nitrogens with zero attached hydrogens (tertiary/aromatic N) is 3. The standard InChI is InChI=1S/C17H34N4/c1-19(2)9-10-21-13-11-20(12-14-21)8-7-18-17(15-3-4-15)16-5-6-16/h15-18H,3-14H2,1-2H3. The van der Waals surface area contributed by atoms with Crippen LogP contribution >= 0.6 is 0 Å². The molecule has 0 bridgehead atoms. The number of likely N-dealkylation sites (N-methyl/N-ethyl adjacent to an activating group) is 1. The molecule has 0 amide bonds. The summed E-state index contributed by atoms with van der Waals surface area (Å²) < 4.78 is 0. The molecule has 0 aromatic carbocycles. The van der Waals surface area contributed by atoms with Crippen LogP contribution in [0.3, 0.4) is 0 Å². The van der Waals surface area contributed by atoms with E-state index in [1.54, 1.807) is 0 Å². The van der Waals surface area contributed by atoms with E-state index in [1.807, 2.05) is 0 Å². The van der Waals surface area contributed by atoms with Gasteiger partial charge in [0.15, 0.2) is 0 Å². The van der Waals surface area contributed by atoms with E-state index in [0.717, 1.165) is 17.9 Å². The summed E-state index contributed by atoms with van der Waals surface area (Å²) in [6, 6.07) is 0.867. The fraction of sp³-hybridized carbons (Fsp3) is 1.00. The lowest BCUT2D eigenvalue weighted by atomic mass is 10.1. The minimum absolute atomic E-state index is 0.867. The molecule has 0 aromatic heterocycles. The van der Waals surface area contributed by atoms with Crippen LogP contribution in [0, 0.1) is 11.8 Å². The van der Waals surface area contributed by atoms with E-state index in [2.05, 4.69) is 34.1 Å². The smallest absolute Gasteiger partial charge is 0.0124 e. The van der Waals surface area contributed by atoms with Crippen LogP contribution in [0.1, 0.15) is 25.7 Å². The molecule has 0 radical (unpaired) electrons. The zero-order valence-electron chi connectivity index (χ0n) is 14.1. The van der Waals surface area contributed by atoms with Crippen LogP contribution in [0.2, 0.25) is 0 Å². The summed E-state index contributed by atoms with van der Waals surface area (Å²) in [6.07, 6.45) is 5.94. The van der Waals surface area contributed by atoms with E-state index in [4.69, 9.17) is 0 Å². The number of rotatable bonds is 9. The zero-order chi connectivity index (χ0) is 14.7. The Morgan fingerprint density at radius 2 is 1.43 bits per heavy atom. The van der Waals surface area contributed by atoms with Gasteiger partial charge < -0.3 is 10.2 Å². The monoisotopic (exact) mass is 294 g/mol. The van der Waals surface area contributed by atoms with Crippen molar-refractivity contribution in [2.75, 3.05) is 66.5 Å². The number of piperazine rings is 1. The molecule has 1 aliphatic heterocycles. The van der Waals surface area contributed by atoms with Gasteiger partial charge in [0, 0.05) is 58.4 Å². The van der Waals surface area contributed by atoms with E-state index < -0.39 is 0 Å². The van der Waals surface area contributed by atoms with Gasteiger partial charge in [0.1, 0.15) is 0 Å². The molecule has 3 aliphatic rings. The third-order valence-corrected chi connectivity index (χ3v) is 5.40. The van der Waals surface area contributed by atoms with Crippen LogP contribution in [0.5, 0.6) is 0 Å². The highest BCUT2D eigenvalue weighted by Crippen LogP contribution is 2.44. The predicted molar refractivity (Wildman–Crippen MR) is 88.7 cm³/mol. The Bertz CT molecular complexity index is 292. The average Bonchev–Trinajstić information content (AvgIpc) is 3.36. The first kappa shape index (κ1) is 15.7. The summed E-state index contributed by atoms with van der Waals surface area (Å²) >= 11 is 0. The number of hydrogen-bond donors (Lipinski definition) is 1. The van der Waals surface area contributed by atoms with Gasteiger partial charge in [-0.25, -0.2) is 0 Å². The van der Waals surface area contributed by atoms with Gasteiger partial charge in [-0.1, -0.05) is 0 Å². The minimum Gasteiger partial charge on any atom is -0.312 e. The highest BCUT2D eigenvalue weighted by molar-refractivity contribution is 4.96. The molecule has 1 N–H and O–H groups in total. The second kappa shape index (κ2) is 7.40. The largest absolute Gasteiger partial charge is 0.312 e. The van der Waals surface area contributed by atoms with Crippen LogP contribution in [0.25, 0.3) is 0 Å². The molecular weight excluding hydrogens is 260 g/mol. The molecule has 2 aliphatic carbocycles. The van der Waals surface area contributed by atoms with Crippen LogP contribution in [-0.4, -0.2) is 87.2 Å². The lowest BCUT2D eigenvalue weighted by molar-refractivity contribution is 0.125. The van der Waals surface area contributed by atoms with Gasteiger partial charge in [-0.05, 0) is 51.6 Å². The van der Waals surface area contributed by atoms with Gasteiger partial charge in [-0.15, -0.1) is 0 Å². The average molecular weight is 294 g/mol. The molecule has 0 unspecified atom stereocenters. The van der Waals surface area contributed by atoms with Gasteiger partial charge in [-0.2, -0.15) is 0 Å². The van der Waals surface area contributed by atoms with Crippen LogP contribution in [0.15, 0.2) is 0 Å². The summed E-state index contributed by atoms with van der Waals surface area (Å²) in [7, 11) is 4.33. The van der Waals surface area contributed by atoms with Gasteiger partial charge in [0.2, 0.25) is 0 Å². The van der Waals surface area contributed by atoms with E-state index in [1.165, 1.54) is 78.0 Å². The van der Waals surface area contributed by atoms with Crippen LogP contribution in [-0.2, 0) is 0 Å². The Hall–Kier alpha value is -0.160. The molecule has 3 rings (SSSR count). The summed E-state index contributed by atoms with van der Waals surface area (Å²) in [5, 5.41) is 3.88. The minimum atomic E-state index is 0.867. The van der Waals surface area contributed by atoms with E-state index in [9.17, 15) is 0 Å². The van der Waals surface area contributed by atoms with Crippen molar-refractivity contribution in [1.29, 1.82) is 0 Å². The highest BCUT2D eigenvalue weighted by atomic mass is 15.3. The Labute approximate surface area is 130 Å². The Morgan fingerprint density at radius 3 is 1.90 bits per heavy atom. The lowest BCUT2D eigenvalue weighted by Gasteiger charge is -2.35. The summed E-state index contributed by atoms with van der Waals surface area (Å²) in [4.78, 5) is 7.54. The summed E-state index contributed by atoms with van der Waals surface area (Å²) in [5.74, 6) is 2.06. The van der Waals surface area contributed by atoms with Crippen molar-refractivity contribution in [2.45, 2.75) is 31.7 Å². The zero-order valence-corrected chi connectivity index (χ0v) is 14.1. The third kappa shape index (κ3) is 5.20. The summed E-state index contributed by atoms with van der Waals surface area (Å²) in [5.41, 5.74) is 0. The third-order valence-electron chi connectivity index (χ3n) is 5.40. The van der Waals surface area contributed by atoms with Gasteiger partial charge in [-0.3, -0.25) is 9.80 Å². The van der Waals surface area contributed by atoms with Crippen LogP contribution in [0.4, 0.5) is 0 Å². The second-order valence-electron chi connectivity index (χ2n) is 7.64. The topological polar surface area (TPSA) is 21.8 Å². The molecular formula is C17H34N4. The molecule has 1 heterocycles. The first-order chi connectivity index (χ1) is 10.2. The fourth-order valence-electron chi connectivity index (χ4n) is 3.60. The molecule has 4 nitrogen and oxygen atoms in total. The normalized spacial score (nSPS) is 25.1. The molecule has 0 aromatic rings. The lowest BCUT2D eigenvalue weighted by Crippen LogP contribution is -2.50. The van der Waals surface area contributed by atoms with Gasteiger partial charge in [0.25, 0.3) is 0 Å². The maximum absolute atomic E-state index is 3.88. The molecule has 1 saturated heterocycles. The first-order valence-electron chi connectivity index (χ1n) is 9.05. The van der Waals surface area contributed by atoms with Crippen molar-refractivity contribution in [1.82, 2.24) is 20.0 Å². The van der Waals surface area contributed by atoms with Gasteiger partial charge >= 0.3 is 0 Å². The SMILES string of the molecule is CN(C)CCN1CCN(CCNC(C2CC2)C2CC2)CC1. The Morgan fingerprint density at radius 1 is 0.905 bits per heavy atom. The van der Waals surface area contributed by atoms with Crippen molar-refractivity contribution in [3.05, 3.63) is 0 Å². The van der Waals surface area contributed by atoms with E-state index in [-0.39, 0.29) is 0 Å². The van der Waals surface area contributed by atoms with E-state index in [0.29, 0.717) is 0 Å². The number of hydrogen-bond acceptors (Lipinski definition) is 4. The predicted octanol–water partition coefficient (Wildman–Crippen LogP) is 0.944. The molecule has 3 fully saturated rings. The second-order valence-corrected chi connectivity index (χ2v) is 7.64. The van der Waals surface area contributed by atoms with Crippen molar-refractivity contribution in [3.8, 4) is 0 Å². The molecule has 21 heavy (non-hydrogen) atoms. The first-order valence-corrected chi connectivity index (χ1v) is 9.05. The Kier molecular flexibility index (Phi) is 5.54. The van der Waals surface area contributed by atoms with E-state index >= 15 is 0 Å².